The van der Waals surface area contributed by atoms with E-state index >= 15 is 0 Å². The van der Waals surface area contributed by atoms with Crippen LogP contribution in [0.3, 0.4) is 0 Å². The predicted molar refractivity (Wildman–Crippen MR) is 73.6 cm³/mol. The minimum absolute atomic E-state index is 0.611. The smallest absolute Gasteiger partial charge is 0.122 e. The summed E-state index contributed by atoms with van der Waals surface area (Å²) in [6, 6.07) is 6.25. The highest BCUT2D eigenvalue weighted by atomic mass is 16.5. The van der Waals surface area contributed by atoms with Crippen molar-refractivity contribution >= 4 is 0 Å². The van der Waals surface area contributed by atoms with E-state index in [-0.39, 0.29) is 0 Å². The molecule has 0 aliphatic carbocycles. The molecule has 1 N–H and O–H groups in total. The van der Waals surface area contributed by atoms with Crippen molar-refractivity contribution in [3.05, 3.63) is 54.1 Å². The van der Waals surface area contributed by atoms with E-state index < -0.39 is 0 Å². The minimum atomic E-state index is 0.611. The molecule has 0 saturated carbocycles. The van der Waals surface area contributed by atoms with E-state index in [1.807, 2.05) is 12.2 Å². The normalized spacial score (nSPS) is 10.7. The van der Waals surface area contributed by atoms with Crippen molar-refractivity contribution in [1.82, 2.24) is 5.32 Å². The largest absolute Gasteiger partial charge is 0.489 e. The summed E-state index contributed by atoms with van der Waals surface area (Å²) in [4.78, 5) is 0. The predicted octanol–water partition coefficient (Wildman–Crippen LogP) is 3.01. The third kappa shape index (κ3) is 5.36. The van der Waals surface area contributed by atoms with Gasteiger partial charge in [-0.1, -0.05) is 30.4 Å². The van der Waals surface area contributed by atoms with Crippen molar-refractivity contribution in [2.24, 2.45) is 0 Å². The maximum absolute atomic E-state index is 5.69. The molecule has 1 aromatic rings. The van der Waals surface area contributed by atoms with E-state index in [0.717, 1.165) is 18.8 Å². The summed E-state index contributed by atoms with van der Waals surface area (Å²) < 4.78 is 5.69. The van der Waals surface area contributed by atoms with Crippen molar-refractivity contribution < 1.29 is 4.74 Å². The molecule has 0 aliphatic rings. The lowest BCUT2D eigenvalue weighted by molar-refractivity contribution is 0.359. The summed E-state index contributed by atoms with van der Waals surface area (Å²) in [5.41, 5.74) is 2.40. The van der Waals surface area contributed by atoms with Crippen molar-refractivity contribution in [3.8, 4) is 5.75 Å². The molecule has 1 rings (SSSR count). The van der Waals surface area contributed by atoms with Gasteiger partial charge >= 0.3 is 0 Å². The van der Waals surface area contributed by atoms with Crippen LogP contribution in [0.5, 0.6) is 5.75 Å². The number of benzene rings is 1. The van der Waals surface area contributed by atoms with E-state index in [4.69, 9.17) is 4.74 Å². The van der Waals surface area contributed by atoms with Crippen molar-refractivity contribution in [1.29, 1.82) is 0 Å². The van der Waals surface area contributed by atoms with Crippen LogP contribution in [0.1, 0.15) is 11.1 Å². The Kier molecular flexibility index (Phi) is 6.12. The number of hydrogen-bond acceptors (Lipinski definition) is 2. The molecule has 0 radical (unpaired) electrons. The van der Waals surface area contributed by atoms with E-state index in [0.29, 0.717) is 6.61 Å². The summed E-state index contributed by atoms with van der Waals surface area (Å²) in [6.45, 7) is 10.1. The topological polar surface area (TPSA) is 21.3 Å². The van der Waals surface area contributed by atoms with Gasteiger partial charge in [-0.05, 0) is 31.0 Å². The fourth-order valence-corrected chi connectivity index (χ4v) is 1.42. The first-order chi connectivity index (χ1) is 8.24. The molecule has 1 aromatic carbocycles. The van der Waals surface area contributed by atoms with Gasteiger partial charge in [0, 0.05) is 13.1 Å². The number of hydrogen-bond donors (Lipinski definition) is 1. The Hall–Kier alpha value is -1.54. The van der Waals surface area contributed by atoms with Crippen molar-refractivity contribution in [3.63, 3.8) is 0 Å². The summed E-state index contributed by atoms with van der Waals surface area (Å²) in [7, 11) is 0. The van der Waals surface area contributed by atoms with Gasteiger partial charge < -0.3 is 10.1 Å². The van der Waals surface area contributed by atoms with Gasteiger partial charge in [0.2, 0.25) is 0 Å². The first kappa shape index (κ1) is 13.5. The lowest BCUT2D eigenvalue weighted by atomic mass is 10.1. The van der Waals surface area contributed by atoms with Gasteiger partial charge in [-0.2, -0.15) is 0 Å². The minimum Gasteiger partial charge on any atom is -0.489 e. The van der Waals surface area contributed by atoms with Crippen LogP contribution >= 0.6 is 0 Å². The number of ether oxygens (including phenoxy) is 1. The van der Waals surface area contributed by atoms with Gasteiger partial charge in [0.1, 0.15) is 12.4 Å². The van der Waals surface area contributed by atoms with Crippen LogP contribution in [-0.4, -0.2) is 19.7 Å². The zero-order chi connectivity index (χ0) is 12.5. The lowest BCUT2D eigenvalue weighted by Gasteiger charge is -2.07. The van der Waals surface area contributed by atoms with Crippen molar-refractivity contribution in [2.45, 2.75) is 13.8 Å². The van der Waals surface area contributed by atoms with Gasteiger partial charge in [0.05, 0.1) is 0 Å². The van der Waals surface area contributed by atoms with Gasteiger partial charge in [-0.25, -0.2) is 0 Å². The van der Waals surface area contributed by atoms with E-state index in [9.17, 15) is 0 Å². The Morgan fingerprint density at radius 2 is 2.06 bits per heavy atom. The Bertz CT molecular complexity index is 383. The van der Waals surface area contributed by atoms with Crippen LogP contribution in [0.25, 0.3) is 0 Å². The van der Waals surface area contributed by atoms with Crippen LogP contribution in [0.4, 0.5) is 0 Å². The van der Waals surface area contributed by atoms with E-state index in [1.54, 1.807) is 0 Å². The van der Waals surface area contributed by atoms with Crippen LogP contribution in [0.15, 0.2) is 43.0 Å². The second-order valence-corrected chi connectivity index (χ2v) is 4.00. The SMILES string of the molecule is C=CCNCC=CCOc1cc(C)ccc1C. The van der Waals surface area contributed by atoms with Gasteiger partial charge in [0.25, 0.3) is 0 Å². The van der Waals surface area contributed by atoms with E-state index in [2.05, 4.69) is 50.0 Å². The highest BCUT2D eigenvalue weighted by Crippen LogP contribution is 2.18. The third-order valence-corrected chi connectivity index (χ3v) is 2.40. The lowest BCUT2D eigenvalue weighted by Crippen LogP contribution is -2.12. The highest BCUT2D eigenvalue weighted by Gasteiger charge is 1.97. The molecule has 2 heteroatoms. The molecule has 0 bridgehead atoms. The molecule has 0 atom stereocenters. The third-order valence-electron chi connectivity index (χ3n) is 2.40. The Balaban J connectivity index is 2.30. The van der Waals surface area contributed by atoms with Gasteiger partial charge in [0.15, 0.2) is 0 Å². The molecule has 0 unspecified atom stereocenters. The summed E-state index contributed by atoms with van der Waals surface area (Å²) in [6.07, 6.45) is 5.94. The molecule has 0 aromatic heterocycles. The molecule has 17 heavy (non-hydrogen) atoms. The molecule has 0 saturated heterocycles. The standard InChI is InChI=1S/C15H21NO/c1-4-9-16-10-5-6-11-17-15-12-13(2)7-8-14(15)3/h4-8,12,16H,1,9-11H2,2-3H3. The average molecular weight is 231 g/mol. The fourth-order valence-electron chi connectivity index (χ4n) is 1.42. The van der Waals surface area contributed by atoms with Crippen LogP contribution in [-0.2, 0) is 0 Å². The molecule has 0 amide bonds. The zero-order valence-electron chi connectivity index (χ0n) is 10.7. The summed E-state index contributed by atoms with van der Waals surface area (Å²) in [5, 5.41) is 3.19. The fraction of sp³-hybridized carbons (Fsp3) is 0.333. The summed E-state index contributed by atoms with van der Waals surface area (Å²) in [5.74, 6) is 0.966. The summed E-state index contributed by atoms with van der Waals surface area (Å²) >= 11 is 0. The number of nitrogens with one attached hydrogen (secondary N) is 1. The molecular formula is C15H21NO. The van der Waals surface area contributed by atoms with Crippen LogP contribution in [0, 0.1) is 13.8 Å². The van der Waals surface area contributed by atoms with Crippen molar-refractivity contribution in [2.75, 3.05) is 19.7 Å². The monoisotopic (exact) mass is 231 g/mol. The van der Waals surface area contributed by atoms with E-state index in [1.165, 1.54) is 11.1 Å². The second-order valence-electron chi connectivity index (χ2n) is 4.00. The van der Waals surface area contributed by atoms with Crippen LogP contribution < -0.4 is 10.1 Å². The zero-order valence-corrected chi connectivity index (χ0v) is 10.7. The quantitative estimate of drug-likeness (QED) is 0.575. The maximum Gasteiger partial charge on any atom is 0.122 e. The molecule has 0 fully saturated rings. The second kappa shape index (κ2) is 7.69. The highest BCUT2D eigenvalue weighted by molar-refractivity contribution is 5.36. The van der Waals surface area contributed by atoms with Gasteiger partial charge in [-0.3, -0.25) is 0 Å². The number of aryl methyl sites for hydroxylation is 2. The molecule has 92 valence electrons. The first-order valence-electron chi connectivity index (χ1n) is 5.90. The maximum atomic E-state index is 5.69. The number of rotatable bonds is 7. The molecule has 0 spiro atoms. The Morgan fingerprint density at radius 3 is 2.82 bits per heavy atom. The average Bonchev–Trinajstić information content (AvgIpc) is 2.32. The Morgan fingerprint density at radius 1 is 1.24 bits per heavy atom. The molecular weight excluding hydrogens is 210 g/mol. The Labute approximate surface area is 104 Å². The van der Waals surface area contributed by atoms with Gasteiger partial charge in [-0.15, -0.1) is 6.58 Å². The molecule has 0 aliphatic heterocycles. The molecule has 2 nitrogen and oxygen atoms in total. The first-order valence-corrected chi connectivity index (χ1v) is 5.90. The van der Waals surface area contributed by atoms with Crippen LogP contribution in [0.2, 0.25) is 0 Å². The molecule has 0 heterocycles.